The van der Waals surface area contributed by atoms with E-state index in [0.717, 1.165) is 51.5 Å². The molecule has 4 fully saturated rings. The monoisotopic (exact) mass is 367 g/mol. The molecule has 1 aliphatic carbocycles. The number of likely N-dealkylation sites (tertiary alicyclic amines) is 1. The van der Waals surface area contributed by atoms with Gasteiger partial charge in [0.1, 0.15) is 6.04 Å². The van der Waals surface area contributed by atoms with Gasteiger partial charge in [-0.25, -0.2) is 0 Å². The molecule has 5 rings (SSSR count). The molecule has 4 atom stereocenters. The number of hydrogen-bond donors (Lipinski definition) is 0. The van der Waals surface area contributed by atoms with E-state index in [1.807, 2.05) is 17.2 Å². The molecular weight excluding hydrogens is 338 g/mol. The second-order valence-corrected chi connectivity index (χ2v) is 9.29. The average molecular weight is 367 g/mol. The number of hydrogen-bond acceptors (Lipinski definition) is 3. The molecule has 2 amide bonds. The molecule has 27 heavy (non-hydrogen) atoms. The van der Waals surface area contributed by atoms with Crippen LogP contribution < -0.4 is 0 Å². The van der Waals surface area contributed by atoms with Crippen molar-refractivity contribution < 1.29 is 9.59 Å². The van der Waals surface area contributed by atoms with E-state index in [2.05, 4.69) is 22.9 Å². The SMILES string of the molecule is C[C@@H]1CCC(=O)N2[C@H](CC[C@H]2C(=O)N2C[C@@H](c3cccnc3)CC23CC3)C1. The highest BCUT2D eigenvalue weighted by Crippen LogP contribution is 2.54. The Labute approximate surface area is 161 Å². The summed E-state index contributed by atoms with van der Waals surface area (Å²) in [6.45, 7) is 3.02. The number of carbonyl (C=O) groups is 2. The summed E-state index contributed by atoms with van der Waals surface area (Å²) in [5, 5.41) is 0. The Morgan fingerprint density at radius 2 is 2.11 bits per heavy atom. The molecule has 0 unspecified atom stereocenters. The molecule has 1 aromatic rings. The van der Waals surface area contributed by atoms with E-state index in [4.69, 9.17) is 0 Å². The fourth-order valence-electron chi connectivity index (χ4n) is 5.83. The predicted octanol–water partition coefficient (Wildman–Crippen LogP) is 3.11. The topological polar surface area (TPSA) is 53.5 Å². The lowest BCUT2D eigenvalue weighted by molar-refractivity contribution is -0.146. The molecule has 1 spiro atoms. The molecular formula is C22H29N3O2. The van der Waals surface area contributed by atoms with E-state index in [0.29, 0.717) is 18.3 Å². The normalized spacial score (nSPS) is 34.6. The van der Waals surface area contributed by atoms with E-state index in [9.17, 15) is 9.59 Å². The van der Waals surface area contributed by atoms with E-state index in [-0.39, 0.29) is 29.4 Å². The van der Waals surface area contributed by atoms with Crippen LogP contribution in [0, 0.1) is 5.92 Å². The molecule has 3 aliphatic heterocycles. The Hall–Kier alpha value is -1.91. The van der Waals surface area contributed by atoms with Crippen LogP contribution in [0.4, 0.5) is 0 Å². The third kappa shape index (κ3) is 2.86. The number of amides is 2. The maximum atomic E-state index is 13.6. The van der Waals surface area contributed by atoms with Crippen molar-refractivity contribution in [2.45, 2.75) is 81.8 Å². The Morgan fingerprint density at radius 1 is 1.26 bits per heavy atom. The van der Waals surface area contributed by atoms with Crippen molar-refractivity contribution in [2.75, 3.05) is 6.54 Å². The molecule has 4 heterocycles. The fraction of sp³-hybridized carbons (Fsp3) is 0.682. The minimum absolute atomic E-state index is 0.0534. The predicted molar refractivity (Wildman–Crippen MR) is 102 cm³/mol. The lowest BCUT2D eigenvalue weighted by Gasteiger charge is -2.33. The van der Waals surface area contributed by atoms with Gasteiger partial charge in [0.25, 0.3) is 0 Å². The third-order valence-corrected chi connectivity index (χ3v) is 7.45. The zero-order valence-electron chi connectivity index (χ0n) is 16.1. The number of rotatable bonds is 2. The van der Waals surface area contributed by atoms with Crippen molar-refractivity contribution in [1.29, 1.82) is 0 Å². The van der Waals surface area contributed by atoms with Gasteiger partial charge in [-0.2, -0.15) is 0 Å². The lowest BCUT2D eigenvalue weighted by atomic mass is 9.97. The summed E-state index contributed by atoms with van der Waals surface area (Å²) in [7, 11) is 0. The van der Waals surface area contributed by atoms with Crippen LogP contribution in [0.2, 0.25) is 0 Å². The summed E-state index contributed by atoms with van der Waals surface area (Å²) in [4.78, 5) is 34.8. The van der Waals surface area contributed by atoms with Crippen molar-refractivity contribution >= 4 is 11.8 Å². The van der Waals surface area contributed by atoms with Gasteiger partial charge in [0.05, 0.1) is 0 Å². The molecule has 144 valence electrons. The van der Waals surface area contributed by atoms with E-state index in [1.54, 1.807) is 6.20 Å². The average Bonchev–Trinajstić information content (AvgIpc) is 3.21. The number of aromatic nitrogens is 1. The van der Waals surface area contributed by atoms with Crippen LogP contribution in [0.25, 0.3) is 0 Å². The zero-order chi connectivity index (χ0) is 18.6. The Bertz CT molecular complexity index is 745. The Balaban J connectivity index is 1.37. The summed E-state index contributed by atoms with van der Waals surface area (Å²) in [5.41, 5.74) is 1.29. The van der Waals surface area contributed by atoms with Gasteiger partial charge in [0.2, 0.25) is 11.8 Å². The van der Waals surface area contributed by atoms with Gasteiger partial charge in [-0.3, -0.25) is 14.6 Å². The van der Waals surface area contributed by atoms with Gasteiger partial charge in [-0.1, -0.05) is 13.0 Å². The summed E-state index contributed by atoms with van der Waals surface area (Å²) >= 11 is 0. The van der Waals surface area contributed by atoms with Gasteiger partial charge in [-0.15, -0.1) is 0 Å². The second kappa shape index (κ2) is 6.32. The van der Waals surface area contributed by atoms with Gasteiger partial charge < -0.3 is 9.80 Å². The first-order valence-electron chi connectivity index (χ1n) is 10.6. The first-order chi connectivity index (χ1) is 13.1. The molecule has 0 radical (unpaired) electrons. The number of carbonyl (C=O) groups excluding carboxylic acids is 2. The Morgan fingerprint density at radius 3 is 2.85 bits per heavy atom. The highest BCUT2D eigenvalue weighted by atomic mass is 16.2. The highest BCUT2D eigenvalue weighted by Gasteiger charge is 2.58. The summed E-state index contributed by atoms with van der Waals surface area (Å²) < 4.78 is 0. The largest absolute Gasteiger partial charge is 0.335 e. The molecule has 3 saturated heterocycles. The molecule has 5 nitrogen and oxygen atoms in total. The first kappa shape index (κ1) is 17.2. The second-order valence-electron chi connectivity index (χ2n) is 9.29. The molecule has 1 saturated carbocycles. The van der Waals surface area contributed by atoms with Gasteiger partial charge >= 0.3 is 0 Å². The van der Waals surface area contributed by atoms with Crippen molar-refractivity contribution in [1.82, 2.24) is 14.8 Å². The van der Waals surface area contributed by atoms with Crippen molar-refractivity contribution in [2.24, 2.45) is 5.92 Å². The fourth-order valence-corrected chi connectivity index (χ4v) is 5.83. The van der Waals surface area contributed by atoms with E-state index < -0.39 is 0 Å². The molecule has 0 aromatic carbocycles. The minimum atomic E-state index is -0.224. The van der Waals surface area contributed by atoms with E-state index in [1.165, 1.54) is 5.56 Å². The molecule has 1 aromatic heterocycles. The van der Waals surface area contributed by atoms with Crippen LogP contribution in [0.3, 0.4) is 0 Å². The van der Waals surface area contributed by atoms with Crippen LogP contribution in [0.15, 0.2) is 24.5 Å². The van der Waals surface area contributed by atoms with Crippen LogP contribution in [-0.2, 0) is 9.59 Å². The number of fused-ring (bicyclic) bond motifs is 1. The van der Waals surface area contributed by atoms with Gasteiger partial charge in [0, 0.05) is 42.9 Å². The molecule has 0 bridgehead atoms. The van der Waals surface area contributed by atoms with Crippen molar-refractivity contribution in [3.63, 3.8) is 0 Å². The maximum absolute atomic E-state index is 13.6. The molecule has 4 aliphatic rings. The summed E-state index contributed by atoms with van der Waals surface area (Å²) in [6, 6.07) is 4.17. The number of nitrogens with zero attached hydrogens (tertiary/aromatic N) is 3. The Kier molecular flexibility index (Phi) is 4.03. The third-order valence-electron chi connectivity index (χ3n) is 7.45. The van der Waals surface area contributed by atoms with Crippen molar-refractivity contribution in [3.8, 4) is 0 Å². The van der Waals surface area contributed by atoms with Crippen LogP contribution in [0.5, 0.6) is 0 Å². The highest BCUT2D eigenvalue weighted by molar-refractivity contribution is 5.89. The van der Waals surface area contributed by atoms with Crippen molar-refractivity contribution in [3.05, 3.63) is 30.1 Å². The lowest BCUT2D eigenvalue weighted by Crippen LogP contribution is -2.51. The van der Waals surface area contributed by atoms with E-state index >= 15 is 0 Å². The van der Waals surface area contributed by atoms with Crippen LogP contribution in [-0.4, -0.2) is 50.8 Å². The van der Waals surface area contributed by atoms with Crippen LogP contribution >= 0.6 is 0 Å². The van der Waals surface area contributed by atoms with Gasteiger partial charge in [-0.05, 0) is 62.5 Å². The minimum Gasteiger partial charge on any atom is -0.335 e. The smallest absolute Gasteiger partial charge is 0.245 e. The number of pyridine rings is 1. The summed E-state index contributed by atoms with van der Waals surface area (Å²) in [6.07, 6.45) is 11.5. The summed E-state index contributed by atoms with van der Waals surface area (Å²) in [5.74, 6) is 1.37. The molecule has 5 heteroatoms. The quantitative estimate of drug-likeness (QED) is 0.807. The maximum Gasteiger partial charge on any atom is 0.245 e. The zero-order valence-corrected chi connectivity index (χ0v) is 16.1. The molecule has 0 N–H and O–H groups in total. The standard InChI is InChI=1S/C22H29N3O2/c1-15-4-7-20(26)25-18(11-15)5-6-19(25)21(27)24-14-17(12-22(24)8-9-22)16-3-2-10-23-13-16/h2-3,10,13,15,17-19H,4-9,11-12,14H2,1H3/t15-,17+,18-,19+/m1/s1. The van der Waals surface area contributed by atoms with Crippen LogP contribution in [0.1, 0.15) is 69.8 Å². The first-order valence-corrected chi connectivity index (χ1v) is 10.6. The van der Waals surface area contributed by atoms with Gasteiger partial charge in [0.15, 0.2) is 0 Å².